The molecule has 0 aromatic rings. The second-order valence-electron chi connectivity index (χ2n) is 5.33. The van der Waals surface area contributed by atoms with E-state index >= 15 is 0 Å². The molecule has 0 atom stereocenters. The first-order valence-corrected chi connectivity index (χ1v) is 7.74. The monoisotopic (exact) mass is 278 g/mol. The van der Waals surface area contributed by atoms with Crippen molar-refractivity contribution >= 4 is 0 Å². The highest BCUT2D eigenvalue weighted by molar-refractivity contribution is 4.65. The molecule has 0 aliphatic carbocycles. The summed E-state index contributed by atoms with van der Waals surface area (Å²) in [5, 5.41) is 0. The summed E-state index contributed by atoms with van der Waals surface area (Å²) in [5.74, 6) is 0. The Labute approximate surface area is 116 Å². The zero-order valence-corrected chi connectivity index (χ0v) is 12.1. The van der Waals surface area contributed by atoms with Gasteiger partial charge in [0, 0.05) is 6.42 Å². The van der Waals surface area contributed by atoms with Gasteiger partial charge in [-0.15, -0.1) is 6.58 Å². The lowest BCUT2D eigenvalue weighted by atomic mass is 10.0. The Balaban J connectivity index is 3.01. The smallest absolute Gasteiger partial charge is 0.171 e. The van der Waals surface area contributed by atoms with Crippen LogP contribution in [0.1, 0.15) is 83.5 Å². The first kappa shape index (κ1) is 18.5. The molecule has 3 heteroatoms. The van der Waals surface area contributed by atoms with E-state index in [0.717, 1.165) is 25.7 Å². The summed E-state index contributed by atoms with van der Waals surface area (Å²) in [7, 11) is 0. The lowest BCUT2D eigenvalue weighted by Crippen LogP contribution is -2.06. The molecule has 0 bridgehead atoms. The predicted molar refractivity (Wildman–Crippen MR) is 76.3 cm³/mol. The van der Waals surface area contributed by atoms with Crippen molar-refractivity contribution in [1.29, 1.82) is 0 Å². The van der Waals surface area contributed by atoms with Crippen molar-refractivity contribution in [2.24, 2.45) is 0 Å². The Bertz CT molecular complexity index is 197. The van der Waals surface area contributed by atoms with Crippen molar-refractivity contribution in [2.75, 3.05) is 0 Å². The molecule has 114 valence electrons. The van der Waals surface area contributed by atoms with Gasteiger partial charge in [0.05, 0.1) is 0 Å². The highest BCUT2D eigenvalue weighted by atomic mass is 19.4. The van der Waals surface area contributed by atoms with E-state index in [1.54, 1.807) is 0 Å². The fourth-order valence-electron chi connectivity index (χ4n) is 2.21. The van der Waals surface area contributed by atoms with Gasteiger partial charge in [-0.2, -0.15) is 13.2 Å². The molecule has 0 N–H and O–H groups in total. The van der Waals surface area contributed by atoms with Crippen LogP contribution in [0.15, 0.2) is 12.7 Å². The average Bonchev–Trinajstić information content (AvgIpc) is 2.34. The molecule has 0 aliphatic rings. The molecule has 0 unspecified atom stereocenters. The van der Waals surface area contributed by atoms with Gasteiger partial charge in [-0.1, -0.05) is 63.9 Å². The summed E-state index contributed by atoms with van der Waals surface area (Å²) < 4.78 is 35.6. The molecule has 0 nitrogen and oxygen atoms in total. The maximum Gasteiger partial charge on any atom is 0.389 e. The van der Waals surface area contributed by atoms with Gasteiger partial charge in [-0.05, 0) is 19.3 Å². The molecule has 19 heavy (non-hydrogen) atoms. The number of alkyl halides is 3. The fraction of sp³-hybridized carbons (Fsp3) is 0.875. The van der Waals surface area contributed by atoms with Gasteiger partial charge in [0.1, 0.15) is 0 Å². The minimum absolute atomic E-state index is 0.298. The van der Waals surface area contributed by atoms with Gasteiger partial charge in [-0.25, -0.2) is 0 Å². The summed E-state index contributed by atoms with van der Waals surface area (Å²) in [5.41, 5.74) is 0. The van der Waals surface area contributed by atoms with Gasteiger partial charge in [0.15, 0.2) is 0 Å². The lowest BCUT2D eigenvalue weighted by molar-refractivity contribution is -0.135. The Morgan fingerprint density at radius 3 is 1.37 bits per heavy atom. The van der Waals surface area contributed by atoms with E-state index in [4.69, 9.17) is 0 Å². The molecule has 0 aliphatic heterocycles. The maximum absolute atomic E-state index is 11.9. The van der Waals surface area contributed by atoms with Crippen molar-refractivity contribution in [1.82, 2.24) is 0 Å². The summed E-state index contributed by atoms with van der Waals surface area (Å²) >= 11 is 0. The number of hydrogen-bond acceptors (Lipinski definition) is 0. The Hall–Kier alpha value is -0.470. The summed E-state index contributed by atoms with van der Waals surface area (Å²) in [6, 6.07) is 0. The first-order chi connectivity index (χ1) is 9.06. The molecule has 0 radical (unpaired) electrons. The molecular formula is C16H29F3. The summed E-state index contributed by atoms with van der Waals surface area (Å²) in [4.78, 5) is 0. The van der Waals surface area contributed by atoms with E-state index in [1.807, 2.05) is 6.08 Å². The summed E-state index contributed by atoms with van der Waals surface area (Å²) in [6.07, 6.45) is 10.4. The molecule has 0 heterocycles. The SMILES string of the molecule is C=CCCCCCCCCCCCCCC(F)(F)F. The molecule has 0 saturated carbocycles. The van der Waals surface area contributed by atoms with Crippen LogP contribution in [-0.4, -0.2) is 6.18 Å². The zero-order valence-electron chi connectivity index (χ0n) is 12.1. The number of halogens is 3. The highest BCUT2D eigenvalue weighted by Gasteiger charge is 2.25. The van der Waals surface area contributed by atoms with Crippen LogP contribution in [0.3, 0.4) is 0 Å². The molecule has 0 rings (SSSR count). The van der Waals surface area contributed by atoms with Crippen LogP contribution in [0.25, 0.3) is 0 Å². The molecule has 0 fully saturated rings. The second-order valence-corrected chi connectivity index (χ2v) is 5.33. The van der Waals surface area contributed by atoms with Crippen LogP contribution in [0.4, 0.5) is 13.2 Å². The number of allylic oxidation sites excluding steroid dienone is 1. The van der Waals surface area contributed by atoms with Crippen LogP contribution < -0.4 is 0 Å². The molecule has 0 aromatic carbocycles. The molecule has 0 amide bonds. The minimum atomic E-state index is -3.97. The molecule has 0 spiro atoms. The first-order valence-electron chi connectivity index (χ1n) is 7.74. The fourth-order valence-corrected chi connectivity index (χ4v) is 2.21. The molecule has 0 saturated heterocycles. The molecule has 0 aromatic heterocycles. The van der Waals surface area contributed by atoms with E-state index in [-0.39, 0.29) is 0 Å². The van der Waals surface area contributed by atoms with Crippen molar-refractivity contribution in [3.63, 3.8) is 0 Å². The van der Waals surface area contributed by atoms with Crippen LogP contribution in [-0.2, 0) is 0 Å². The van der Waals surface area contributed by atoms with Gasteiger partial charge < -0.3 is 0 Å². The number of unbranched alkanes of at least 4 members (excludes halogenated alkanes) is 11. The van der Waals surface area contributed by atoms with E-state index in [0.29, 0.717) is 6.42 Å². The normalized spacial score (nSPS) is 11.7. The van der Waals surface area contributed by atoms with Crippen LogP contribution >= 0.6 is 0 Å². The largest absolute Gasteiger partial charge is 0.389 e. The van der Waals surface area contributed by atoms with Crippen molar-refractivity contribution in [3.8, 4) is 0 Å². The predicted octanol–water partition coefficient (Wildman–Crippen LogP) is 6.81. The van der Waals surface area contributed by atoms with Crippen molar-refractivity contribution in [2.45, 2.75) is 89.6 Å². The van der Waals surface area contributed by atoms with E-state index in [1.165, 1.54) is 44.9 Å². The van der Waals surface area contributed by atoms with Crippen LogP contribution in [0.2, 0.25) is 0 Å². The zero-order chi connectivity index (χ0) is 14.4. The van der Waals surface area contributed by atoms with E-state index in [9.17, 15) is 13.2 Å². The van der Waals surface area contributed by atoms with Crippen LogP contribution in [0, 0.1) is 0 Å². The standard InChI is InChI=1S/C16H29F3/c1-2-3-4-5-6-7-8-9-10-11-12-13-14-15-16(17,18)19/h2H,1,3-15H2. The van der Waals surface area contributed by atoms with E-state index < -0.39 is 12.6 Å². The average molecular weight is 278 g/mol. The lowest BCUT2D eigenvalue weighted by Gasteiger charge is -2.05. The number of rotatable bonds is 13. The van der Waals surface area contributed by atoms with Gasteiger partial charge in [0.25, 0.3) is 0 Å². The maximum atomic E-state index is 11.9. The third-order valence-electron chi connectivity index (χ3n) is 3.37. The van der Waals surface area contributed by atoms with Crippen molar-refractivity contribution < 1.29 is 13.2 Å². The minimum Gasteiger partial charge on any atom is -0.171 e. The van der Waals surface area contributed by atoms with E-state index in [2.05, 4.69) is 6.58 Å². The van der Waals surface area contributed by atoms with Crippen LogP contribution in [0.5, 0.6) is 0 Å². The Morgan fingerprint density at radius 2 is 1.00 bits per heavy atom. The number of hydrogen-bond donors (Lipinski definition) is 0. The quantitative estimate of drug-likeness (QED) is 0.256. The summed E-state index contributed by atoms with van der Waals surface area (Å²) in [6.45, 7) is 3.70. The third-order valence-corrected chi connectivity index (χ3v) is 3.37. The molecular weight excluding hydrogens is 249 g/mol. The third kappa shape index (κ3) is 17.5. The van der Waals surface area contributed by atoms with Gasteiger partial charge >= 0.3 is 6.18 Å². The van der Waals surface area contributed by atoms with Gasteiger partial charge in [0.2, 0.25) is 0 Å². The second kappa shape index (κ2) is 12.6. The van der Waals surface area contributed by atoms with Crippen molar-refractivity contribution in [3.05, 3.63) is 12.7 Å². The Morgan fingerprint density at radius 1 is 0.632 bits per heavy atom. The Kier molecular flexibility index (Phi) is 12.2. The topological polar surface area (TPSA) is 0 Å². The highest BCUT2D eigenvalue weighted by Crippen LogP contribution is 2.23. The van der Waals surface area contributed by atoms with Gasteiger partial charge in [-0.3, -0.25) is 0 Å².